The SMILES string of the molecule is Nc1ncc(-c2cn(CCCCCC34CC(C3)C4)c(CO)n2)cc1OC(F)(F)F. The number of rotatable bonds is 9. The fourth-order valence-corrected chi connectivity index (χ4v) is 4.64. The summed E-state index contributed by atoms with van der Waals surface area (Å²) in [6.07, 6.45) is 7.06. The van der Waals surface area contributed by atoms with E-state index in [0.717, 1.165) is 24.8 Å². The summed E-state index contributed by atoms with van der Waals surface area (Å²) in [5.41, 5.74) is 6.91. The first-order valence-corrected chi connectivity index (χ1v) is 9.95. The molecule has 0 unspecified atom stereocenters. The van der Waals surface area contributed by atoms with Crippen LogP contribution >= 0.6 is 0 Å². The Morgan fingerprint density at radius 3 is 2.62 bits per heavy atom. The van der Waals surface area contributed by atoms with E-state index >= 15 is 0 Å². The number of hydrogen-bond donors (Lipinski definition) is 2. The Balaban J connectivity index is 1.38. The van der Waals surface area contributed by atoms with Gasteiger partial charge in [-0.15, -0.1) is 13.2 Å². The molecule has 5 rings (SSSR count). The van der Waals surface area contributed by atoms with E-state index in [-0.39, 0.29) is 12.4 Å². The number of aryl methyl sites for hydroxylation is 1. The van der Waals surface area contributed by atoms with Gasteiger partial charge < -0.3 is 20.1 Å². The van der Waals surface area contributed by atoms with Gasteiger partial charge in [0.2, 0.25) is 0 Å². The summed E-state index contributed by atoms with van der Waals surface area (Å²) >= 11 is 0. The van der Waals surface area contributed by atoms with E-state index in [2.05, 4.69) is 14.7 Å². The predicted molar refractivity (Wildman–Crippen MR) is 101 cm³/mol. The number of nitrogens with two attached hydrogens (primary N) is 1. The van der Waals surface area contributed by atoms with Crippen LogP contribution in [0.25, 0.3) is 11.3 Å². The molecule has 3 saturated carbocycles. The van der Waals surface area contributed by atoms with Gasteiger partial charge in [0.15, 0.2) is 11.6 Å². The average Bonchev–Trinajstić information content (AvgIpc) is 2.99. The largest absolute Gasteiger partial charge is 0.573 e. The van der Waals surface area contributed by atoms with E-state index in [1.165, 1.54) is 38.3 Å². The first-order chi connectivity index (χ1) is 13.8. The third-order valence-corrected chi connectivity index (χ3v) is 6.17. The van der Waals surface area contributed by atoms with Gasteiger partial charge in [-0.3, -0.25) is 0 Å². The zero-order chi connectivity index (χ0) is 20.6. The van der Waals surface area contributed by atoms with Crippen molar-refractivity contribution < 1.29 is 23.0 Å². The van der Waals surface area contributed by atoms with Gasteiger partial charge in [-0.05, 0) is 49.5 Å². The predicted octanol–water partition coefficient (Wildman–Crippen LogP) is 4.28. The number of unbranched alkanes of at least 4 members (excludes halogenated alkanes) is 2. The summed E-state index contributed by atoms with van der Waals surface area (Å²) in [4.78, 5) is 8.10. The normalized spacial score (nSPS) is 22.8. The van der Waals surface area contributed by atoms with Gasteiger partial charge in [0.05, 0.1) is 5.69 Å². The molecule has 158 valence electrons. The Kier molecular flexibility index (Phi) is 5.18. The number of nitrogens with zero attached hydrogens (tertiary/aromatic N) is 3. The van der Waals surface area contributed by atoms with Crippen molar-refractivity contribution in [2.24, 2.45) is 11.3 Å². The highest BCUT2D eigenvalue weighted by atomic mass is 19.4. The first-order valence-electron chi connectivity index (χ1n) is 9.95. The average molecular weight is 410 g/mol. The Morgan fingerprint density at radius 1 is 1.24 bits per heavy atom. The van der Waals surface area contributed by atoms with E-state index in [1.54, 1.807) is 6.20 Å². The molecule has 0 amide bonds. The molecule has 29 heavy (non-hydrogen) atoms. The van der Waals surface area contributed by atoms with Crippen LogP contribution in [0.15, 0.2) is 18.5 Å². The van der Waals surface area contributed by atoms with Gasteiger partial charge in [0, 0.05) is 24.5 Å². The second-order valence-corrected chi connectivity index (χ2v) is 8.34. The summed E-state index contributed by atoms with van der Waals surface area (Å²) in [6, 6.07) is 1.16. The van der Waals surface area contributed by atoms with Gasteiger partial charge in [-0.25, -0.2) is 9.97 Å². The molecule has 0 spiro atoms. The highest BCUT2D eigenvalue weighted by molar-refractivity contribution is 5.63. The van der Waals surface area contributed by atoms with Crippen molar-refractivity contribution in [3.05, 3.63) is 24.3 Å². The number of pyridine rings is 1. The minimum atomic E-state index is -4.86. The molecule has 0 atom stereocenters. The van der Waals surface area contributed by atoms with Crippen LogP contribution in [0.1, 0.15) is 50.8 Å². The molecular formula is C20H25F3N4O2. The number of aliphatic hydroxyl groups excluding tert-OH is 1. The summed E-state index contributed by atoms with van der Waals surface area (Å²) in [7, 11) is 0. The minimum Gasteiger partial charge on any atom is -0.402 e. The lowest BCUT2D eigenvalue weighted by molar-refractivity contribution is -0.274. The number of nitrogen functional groups attached to an aromatic ring is 1. The highest BCUT2D eigenvalue weighted by Gasteiger charge is 2.55. The Hall–Kier alpha value is -2.29. The zero-order valence-corrected chi connectivity index (χ0v) is 16.1. The molecule has 0 radical (unpaired) electrons. The lowest BCUT2D eigenvalue weighted by Crippen LogP contribution is -2.51. The minimum absolute atomic E-state index is 0.251. The van der Waals surface area contributed by atoms with Crippen LogP contribution in [0, 0.1) is 11.3 Å². The molecule has 3 aliphatic carbocycles. The molecule has 0 aromatic carbocycles. The molecule has 3 N–H and O–H groups in total. The molecule has 2 bridgehead atoms. The van der Waals surface area contributed by atoms with Crippen LogP contribution < -0.4 is 10.5 Å². The van der Waals surface area contributed by atoms with E-state index in [0.29, 0.717) is 29.0 Å². The molecule has 3 aliphatic rings. The van der Waals surface area contributed by atoms with Crippen molar-refractivity contribution in [3.8, 4) is 17.0 Å². The lowest BCUT2D eigenvalue weighted by atomic mass is 9.43. The van der Waals surface area contributed by atoms with Gasteiger partial charge in [-0.2, -0.15) is 0 Å². The van der Waals surface area contributed by atoms with E-state index in [4.69, 9.17) is 5.73 Å². The standard InChI is InChI=1S/C20H25F3N4O2/c21-20(22,23)29-16-6-14(10-25-18(16)24)15-11-27(17(12-28)26-15)5-3-1-2-4-19-7-13(8-19)9-19/h6,10-11,13,28H,1-5,7-9,12H2,(H2,24,25). The molecule has 9 heteroatoms. The Labute approximate surface area is 166 Å². The second-order valence-electron chi connectivity index (χ2n) is 8.34. The van der Waals surface area contributed by atoms with Gasteiger partial charge >= 0.3 is 6.36 Å². The number of ether oxygens (including phenoxy) is 1. The van der Waals surface area contributed by atoms with Crippen molar-refractivity contribution in [2.75, 3.05) is 5.73 Å². The summed E-state index contributed by atoms with van der Waals surface area (Å²) in [6.45, 7) is 0.450. The quantitative estimate of drug-likeness (QED) is 0.603. The number of aliphatic hydroxyl groups is 1. The number of imidazole rings is 1. The number of aromatic nitrogens is 3. The maximum atomic E-state index is 12.5. The maximum Gasteiger partial charge on any atom is 0.573 e. The Bertz CT molecular complexity index is 864. The van der Waals surface area contributed by atoms with Crippen molar-refractivity contribution >= 4 is 5.82 Å². The summed E-state index contributed by atoms with van der Waals surface area (Å²) < 4.78 is 43.3. The molecule has 0 saturated heterocycles. The lowest BCUT2D eigenvalue weighted by Gasteiger charge is -2.62. The zero-order valence-electron chi connectivity index (χ0n) is 16.1. The molecule has 6 nitrogen and oxygen atoms in total. The first kappa shape index (κ1) is 20.0. The molecule has 2 aromatic heterocycles. The van der Waals surface area contributed by atoms with Gasteiger partial charge in [-0.1, -0.05) is 12.8 Å². The smallest absolute Gasteiger partial charge is 0.402 e. The molecule has 0 aliphatic heterocycles. The molecule has 2 heterocycles. The fourth-order valence-electron chi connectivity index (χ4n) is 4.64. The molecular weight excluding hydrogens is 385 g/mol. The maximum absolute atomic E-state index is 12.5. The third-order valence-electron chi connectivity index (χ3n) is 6.17. The number of hydrogen-bond acceptors (Lipinski definition) is 5. The monoisotopic (exact) mass is 410 g/mol. The highest BCUT2D eigenvalue weighted by Crippen LogP contribution is 2.66. The van der Waals surface area contributed by atoms with Crippen LogP contribution in [0.5, 0.6) is 5.75 Å². The van der Waals surface area contributed by atoms with E-state index in [1.807, 2.05) is 4.57 Å². The van der Waals surface area contributed by atoms with E-state index in [9.17, 15) is 18.3 Å². The van der Waals surface area contributed by atoms with Crippen LogP contribution in [-0.4, -0.2) is 26.0 Å². The topological polar surface area (TPSA) is 86.2 Å². The van der Waals surface area contributed by atoms with Crippen LogP contribution in [0.3, 0.4) is 0 Å². The second kappa shape index (κ2) is 7.51. The van der Waals surface area contributed by atoms with Gasteiger partial charge in [0.1, 0.15) is 12.4 Å². The third kappa shape index (κ3) is 4.34. The van der Waals surface area contributed by atoms with Crippen molar-refractivity contribution in [1.82, 2.24) is 14.5 Å². The number of halogens is 3. The number of anilines is 1. The number of alkyl halides is 3. The molecule has 3 fully saturated rings. The van der Waals surface area contributed by atoms with Gasteiger partial charge in [0.25, 0.3) is 0 Å². The summed E-state index contributed by atoms with van der Waals surface area (Å²) in [5, 5.41) is 9.59. The van der Waals surface area contributed by atoms with Crippen molar-refractivity contribution in [3.63, 3.8) is 0 Å². The van der Waals surface area contributed by atoms with E-state index < -0.39 is 12.1 Å². The van der Waals surface area contributed by atoms with Crippen molar-refractivity contribution in [2.45, 2.75) is 64.5 Å². The Morgan fingerprint density at radius 2 is 2.00 bits per heavy atom. The molecule has 2 aromatic rings. The van der Waals surface area contributed by atoms with Crippen molar-refractivity contribution in [1.29, 1.82) is 0 Å². The van der Waals surface area contributed by atoms with Crippen LogP contribution in [0.4, 0.5) is 19.0 Å². The van der Waals surface area contributed by atoms with Crippen LogP contribution in [-0.2, 0) is 13.2 Å². The van der Waals surface area contributed by atoms with Crippen LogP contribution in [0.2, 0.25) is 0 Å². The summed E-state index contributed by atoms with van der Waals surface area (Å²) in [5.74, 6) is 0.561. The fraction of sp³-hybridized carbons (Fsp3) is 0.600.